The topological polar surface area (TPSA) is 71.4 Å². The number of benzene rings is 2. The maximum atomic E-state index is 12.4. The summed E-state index contributed by atoms with van der Waals surface area (Å²) in [5.41, 5.74) is 2.41. The van der Waals surface area contributed by atoms with E-state index >= 15 is 0 Å². The monoisotopic (exact) mass is 388 g/mol. The number of aliphatic carboxylic acids is 1. The highest BCUT2D eigenvalue weighted by Crippen LogP contribution is 2.31. The molecular formula is C20H20O4S2. The molecule has 26 heavy (non-hydrogen) atoms. The molecule has 0 aliphatic carbocycles. The van der Waals surface area contributed by atoms with Gasteiger partial charge in [-0.05, 0) is 65.6 Å². The molecule has 0 atom stereocenters. The van der Waals surface area contributed by atoms with Crippen molar-refractivity contribution in [2.24, 2.45) is 0 Å². The van der Waals surface area contributed by atoms with Crippen molar-refractivity contribution < 1.29 is 18.3 Å². The molecule has 0 saturated heterocycles. The van der Waals surface area contributed by atoms with E-state index in [1.807, 2.05) is 12.1 Å². The van der Waals surface area contributed by atoms with Gasteiger partial charge in [0.05, 0.1) is 10.6 Å². The summed E-state index contributed by atoms with van der Waals surface area (Å²) < 4.78 is 24.8. The number of thioether (sulfide) groups is 1. The van der Waals surface area contributed by atoms with Crippen LogP contribution >= 0.6 is 11.8 Å². The number of carboxylic acid groups (broad SMARTS) is 1. The lowest BCUT2D eigenvalue weighted by atomic mass is 10.0. The molecule has 0 spiro atoms. The van der Waals surface area contributed by atoms with E-state index < -0.39 is 15.8 Å². The van der Waals surface area contributed by atoms with Crippen LogP contribution in [0.5, 0.6) is 0 Å². The fourth-order valence-electron chi connectivity index (χ4n) is 2.87. The summed E-state index contributed by atoms with van der Waals surface area (Å²) in [6.07, 6.45) is 2.62. The van der Waals surface area contributed by atoms with Gasteiger partial charge in [0.2, 0.25) is 0 Å². The van der Waals surface area contributed by atoms with Crippen molar-refractivity contribution in [1.29, 1.82) is 0 Å². The molecule has 0 saturated carbocycles. The van der Waals surface area contributed by atoms with Gasteiger partial charge in [-0.3, -0.25) is 0 Å². The van der Waals surface area contributed by atoms with E-state index in [-0.39, 0.29) is 22.6 Å². The van der Waals surface area contributed by atoms with Crippen LogP contribution in [0.1, 0.15) is 25.3 Å². The van der Waals surface area contributed by atoms with Crippen LogP contribution in [0.15, 0.2) is 57.8 Å². The van der Waals surface area contributed by atoms with Gasteiger partial charge in [0.25, 0.3) is 0 Å². The van der Waals surface area contributed by atoms with Gasteiger partial charge in [0.15, 0.2) is 9.84 Å². The van der Waals surface area contributed by atoms with E-state index in [0.717, 1.165) is 23.3 Å². The van der Waals surface area contributed by atoms with E-state index in [2.05, 4.69) is 19.1 Å². The van der Waals surface area contributed by atoms with Crippen LogP contribution in [0.25, 0.3) is 17.2 Å². The molecule has 0 fully saturated rings. The highest BCUT2D eigenvalue weighted by atomic mass is 32.2. The van der Waals surface area contributed by atoms with E-state index in [1.165, 1.54) is 11.0 Å². The first-order chi connectivity index (χ1) is 12.4. The third kappa shape index (κ3) is 4.02. The Morgan fingerprint density at radius 1 is 1.12 bits per heavy atom. The first kappa shape index (κ1) is 18.7. The zero-order valence-electron chi connectivity index (χ0n) is 14.4. The number of hydrogen-bond acceptors (Lipinski definition) is 4. The Morgan fingerprint density at radius 3 is 2.46 bits per heavy atom. The Bertz CT molecular complexity index is 958. The van der Waals surface area contributed by atoms with Gasteiger partial charge >= 0.3 is 5.97 Å². The molecule has 1 heterocycles. The highest BCUT2D eigenvalue weighted by molar-refractivity contribution is 7.99. The van der Waals surface area contributed by atoms with E-state index in [4.69, 9.17) is 0 Å². The normalized spacial score (nSPS) is 15.7. The molecule has 0 unspecified atom stereocenters. The molecule has 6 heteroatoms. The van der Waals surface area contributed by atoms with Gasteiger partial charge in [-0.2, -0.15) is 0 Å². The van der Waals surface area contributed by atoms with Crippen LogP contribution in [0.4, 0.5) is 0 Å². The van der Waals surface area contributed by atoms with Crippen LogP contribution in [-0.2, 0) is 14.6 Å². The Labute approximate surface area is 157 Å². The van der Waals surface area contributed by atoms with Crippen molar-refractivity contribution in [1.82, 2.24) is 0 Å². The summed E-state index contributed by atoms with van der Waals surface area (Å²) >= 11 is 1.80. The Balaban J connectivity index is 2.01. The molecule has 0 radical (unpaired) electrons. The maximum Gasteiger partial charge on any atom is 0.331 e. The largest absolute Gasteiger partial charge is 0.478 e. The van der Waals surface area contributed by atoms with Gasteiger partial charge in [0.1, 0.15) is 0 Å². The molecule has 1 aliphatic heterocycles. The van der Waals surface area contributed by atoms with Crippen LogP contribution < -0.4 is 0 Å². The minimum atomic E-state index is -3.48. The zero-order chi connectivity index (χ0) is 18.7. The van der Waals surface area contributed by atoms with E-state index in [9.17, 15) is 18.3 Å². The quantitative estimate of drug-likeness (QED) is 0.764. The molecule has 1 aliphatic rings. The first-order valence-corrected chi connectivity index (χ1v) is 11.1. The SMILES string of the molecule is CCCSc1ccc(-c2ccc3c(c2)C=C(C(=O)O)CCS3(=O)=O)cc1. The Hall–Kier alpha value is -2.05. The average molecular weight is 389 g/mol. The highest BCUT2D eigenvalue weighted by Gasteiger charge is 2.24. The minimum absolute atomic E-state index is 0.0189. The van der Waals surface area contributed by atoms with E-state index in [0.29, 0.717) is 5.56 Å². The van der Waals surface area contributed by atoms with Crippen LogP contribution in [0.2, 0.25) is 0 Å². The molecule has 2 aromatic rings. The molecule has 0 aromatic heterocycles. The number of sulfone groups is 1. The lowest BCUT2D eigenvalue weighted by molar-refractivity contribution is -0.132. The second kappa shape index (κ2) is 7.68. The number of hydrogen-bond donors (Lipinski definition) is 1. The maximum absolute atomic E-state index is 12.4. The van der Waals surface area contributed by atoms with Crippen molar-refractivity contribution in [3.05, 3.63) is 53.6 Å². The second-order valence-electron chi connectivity index (χ2n) is 6.17. The smallest absolute Gasteiger partial charge is 0.331 e. The molecule has 3 rings (SSSR count). The minimum Gasteiger partial charge on any atom is -0.478 e. The number of fused-ring (bicyclic) bond motifs is 1. The molecule has 0 amide bonds. The first-order valence-electron chi connectivity index (χ1n) is 8.44. The van der Waals surface area contributed by atoms with Crippen molar-refractivity contribution in [2.75, 3.05) is 11.5 Å². The number of rotatable bonds is 5. The summed E-state index contributed by atoms with van der Waals surface area (Å²) in [6.45, 7) is 2.14. The summed E-state index contributed by atoms with van der Waals surface area (Å²) in [6, 6.07) is 13.2. The molecule has 136 valence electrons. The van der Waals surface area contributed by atoms with Gasteiger partial charge in [0, 0.05) is 10.5 Å². The molecule has 4 nitrogen and oxygen atoms in total. The van der Waals surface area contributed by atoms with Gasteiger partial charge in [-0.15, -0.1) is 11.8 Å². The lowest BCUT2D eigenvalue weighted by Gasteiger charge is -2.09. The summed E-state index contributed by atoms with van der Waals surface area (Å²) in [5, 5.41) is 9.28. The second-order valence-corrected chi connectivity index (χ2v) is 9.41. The van der Waals surface area contributed by atoms with Gasteiger partial charge < -0.3 is 5.11 Å². The summed E-state index contributed by atoms with van der Waals surface area (Å²) in [5.74, 6) is -0.185. The van der Waals surface area contributed by atoms with Crippen molar-refractivity contribution in [3.8, 4) is 11.1 Å². The third-order valence-corrected chi connectivity index (χ3v) is 7.25. The number of carboxylic acids is 1. The van der Waals surface area contributed by atoms with E-state index in [1.54, 1.807) is 30.0 Å². The van der Waals surface area contributed by atoms with Crippen molar-refractivity contribution in [3.63, 3.8) is 0 Å². The lowest BCUT2D eigenvalue weighted by Crippen LogP contribution is -2.08. The fourth-order valence-corrected chi connectivity index (χ4v) is 5.10. The van der Waals surface area contributed by atoms with Crippen LogP contribution in [0.3, 0.4) is 0 Å². The number of carbonyl (C=O) groups is 1. The van der Waals surface area contributed by atoms with Gasteiger partial charge in [-0.1, -0.05) is 25.1 Å². The molecule has 1 N–H and O–H groups in total. The van der Waals surface area contributed by atoms with Crippen molar-refractivity contribution >= 4 is 33.6 Å². The Kier molecular flexibility index (Phi) is 5.53. The van der Waals surface area contributed by atoms with Crippen LogP contribution in [0, 0.1) is 0 Å². The summed E-state index contributed by atoms with van der Waals surface area (Å²) in [7, 11) is -3.48. The predicted octanol–water partition coefficient (Wildman–Crippen LogP) is 4.50. The molecule has 2 aromatic carbocycles. The fraction of sp³-hybridized carbons (Fsp3) is 0.250. The zero-order valence-corrected chi connectivity index (χ0v) is 16.1. The molecule has 0 bridgehead atoms. The van der Waals surface area contributed by atoms with Crippen LogP contribution in [-0.4, -0.2) is 31.0 Å². The average Bonchev–Trinajstić information content (AvgIpc) is 2.76. The van der Waals surface area contributed by atoms with Gasteiger partial charge in [-0.25, -0.2) is 13.2 Å². The molecular weight excluding hydrogens is 368 g/mol. The standard InChI is InChI=1S/C20H20O4S2/c1-2-10-25-18-6-3-14(4-7-18)15-5-8-19-17(12-15)13-16(20(21)22)9-11-26(19,23)24/h3-8,12-13H,2,9-11H2,1H3,(H,21,22). The predicted molar refractivity (Wildman–Crippen MR) is 105 cm³/mol. The van der Waals surface area contributed by atoms with Crippen molar-refractivity contribution in [2.45, 2.75) is 29.6 Å². The Morgan fingerprint density at radius 2 is 1.81 bits per heavy atom. The third-order valence-electron chi connectivity index (χ3n) is 4.25. The summed E-state index contributed by atoms with van der Waals surface area (Å²) in [4.78, 5) is 12.7.